The maximum atomic E-state index is 14.0. The summed E-state index contributed by atoms with van der Waals surface area (Å²) in [6.45, 7) is 1.52. The highest BCUT2D eigenvalue weighted by molar-refractivity contribution is 7.89. The van der Waals surface area contributed by atoms with Gasteiger partial charge in [-0.3, -0.25) is 14.4 Å². The van der Waals surface area contributed by atoms with E-state index in [2.05, 4.69) is 0 Å². The van der Waals surface area contributed by atoms with E-state index in [0.29, 0.717) is 31.0 Å². The van der Waals surface area contributed by atoms with Crippen LogP contribution >= 0.6 is 0 Å². The lowest BCUT2D eigenvalue weighted by Crippen LogP contribution is -2.52. The highest BCUT2D eigenvalue weighted by Crippen LogP contribution is 2.53. The van der Waals surface area contributed by atoms with E-state index in [4.69, 9.17) is 4.74 Å². The summed E-state index contributed by atoms with van der Waals surface area (Å²) in [4.78, 5) is 45.4. The zero-order valence-corrected chi connectivity index (χ0v) is 22.8. The molecule has 0 radical (unpaired) electrons. The number of carbonyl (C=O) groups is 3. The van der Waals surface area contributed by atoms with Gasteiger partial charge in [-0.25, -0.2) is 8.42 Å². The van der Waals surface area contributed by atoms with Crippen LogP contribution in [0.2, 0.25) is 0 Å². The Morgan fingerprint density at radius 3 is 2.31 bits per heavy atom. The molecule has 3 aliphatic heterocycles. The van der Waals surface area contributed by atoms with Crippen LogP contribution in [0, 0.1) is 0 Å². The number of amides is 2. The van der Waals surface area contributed by atoms with Gasteiger partial charge in [0.25, 0.3) is 17.6 Å². The second-order valence-corrected chi connectivity index (χ2v) is 11.9. The van der Waals surface area contributed by atoms with Crippen molar-refractivity contribution in [1.82, 2.24) is 14.1 Å². The smallest absolute Gasteiger partial charge is 0.296 e. The SMILES string of the molecule is CN(C)CCN1C(=O)C(=O)/C(=C(\O)c2ccc(S(=O)(=O)N3CCOCC3)cc2)C12C(=O)N(C)c1ccccc12. The number of likely N-dealkylation sites (N-methyl/N-ethyl adjacent to an activating group) is 2. The average Bonchev–Trinajstić information content (AvgIpc) is 3.30. The molecule has 1 N–H and O–H groups in total. The third-order valence-electron chi connectivity index (χ3n) is 7.45. The molecule has 5 rings (SSSR count). The predicted molar refractivity (Wildman–Crippen MR) is 142 cm³/mol. The number of hydrogen-bond acceptors (Lipinski definition) is 8. The average molecular weight is 555 g/mol. The largest absolute Gasteiger partial charge is 0.507 e. The number of hydrogen-bond donors (Lipinski definition) is 1. The molecule has 2 fully saturated rings. The highest BCUT2D eigenvalue weighted by atomic mass is 32.2. The van der Waals surface area contributed by atoms with Crippen LogP contribution in [0.4, 0.5) is 5.69 Å². The van der Waals surface area contributed by atoms with Crippen molar-refractivity contribution in [2.75, 3.05) is 65.4 Å². The number of fused-ring (bicyclic) bond motifs is 2. The molecular weight excluding hydrogens is 524 g/mol. The summed E-state index contributed by atoms with van der Waals surface area (Å²) in [5.74, 6) is -2.94. The molecule has 0 bridgehead atoms. The number of rotatable bonds is 6. The second-order valence-electron chi connectivity index (χ2n) is 9.95. The molecule has 206 valence electrons. The molecule has 2 aromatic carbocycles. The van der Waals surface area contributed by atoms with Crippen molar-refractivity contribution in [3.63, 3.8) is 0 Å². The normalized spacial score (nSPS) is 23.3. The third-order valence-corrected chi connectivity index (χ3v) is 9.36. The Morgan fingerprint density at radius 2 is 1.67 bits per heavy atom. The van der Waals surface area contributed by atoms with Crippen LogP contribution in [0.25, 0.3) is 5.76 Å². The minimum Gasteiger partial charge on any atom is -0.507 e. The number of Topliss-reactive ketones (excluding diaryl/α,β-unsaturated/α-hetero) is 1. The molecule has 11 nitrogen and oxygen atoms in total. The Bertz CT molecular complexity index is 1480. The molecule has 1 spiro atoms. The van der Waals surface area contributed by atoms with Gasteiger partial charge in [0.05, 0.1) is 23.7 Å². The number of para-hydroxylation sites is 1. The Kier molecular flexibility index (Phi) is 6.83. The van der Waals surface area contributed by atoms with E-state index in [-0.39, 0.29) is 35.7 Å². The number of carbonyl (C=O) groups excluding carboxylic acids is 3. The van der Waals surface area contributed by atoms with Crippen molar-refractivity contribution < 1.29 is 32.6 Å². The molecule has 12 heteroatoms. The van der Waals surface area contributed by atoms with E-state index in [0.717, 1.165) is 0 Å². The summed E-state index contributed by atoms with van der Waals surface area (Å²) in [6.07, 6.45) is 0. The Hall–Kier alpha value is -3.58. The summed E-state index contributed by atoms with van der Waals surface area (Å²) in [6, 6.07) is 12.3. The van der Waals surface area contributed by atoms with Crippen molar-refractivity contribution >= 4 is 39.1 Å². The number of sulfonamides is 1. The monoisotopic (exact) mass is 554 g/mol. The van der Waals surface area contributed by atoms with Crippen LogP contribution < -0.4 is 4.90 Å². The van der Waals surface area contributed by atoms with Crippen molar-refractivity contribution in [3.05, 3.63) is 65.2 Å². The van der Waals surface area contributed by atoms with Gasteiger partial charge in [0.15, 0.2) is 5.54 Å². The van der Waals surface area contributed by atoms with Crippen LogP contribution in [0.5, 0.6) is 0 Å². The first kappa shape index (κ1) is 27.0. The molecular formula is C27H30N4O7S. The number of anilines is 1. The van der Waals surface area contributed by atoms with E-state index >= 15 is 0 Å². The lowest BCUT2D eigenvalue weighted by molar-refractivity contribution is -0.143. The Morgan fingerprint density at radius 1 is 1.03 bits per heavy atom. The summed E-state index contributed by atoms with van der Waals surface area (Å²) < 4.78 is 32.7. The fourth-order valence-corrected chi connectivity index (χ4v) is 6.84. The number of nitrogens with zero attached hydrogens (tertiary/aromatic N) is 4. The molecule has 1 atom stereocenters. The van der Waals surface area contributed by atoms with Crippen molar-refractivity contribution in [3.8, 4) is 0 Å². The van der Waals surface area contributed by atoms with Crippen molar-refractivity contribution in [2.45, 2.75) is 10.4 Å². The first-order chi connectivity index (χ1) is 18.5. The molecule has 3 aliphatic rings. The van der Waals surface area contributed by atoms with E-state index in [9.17, 15) is 27.9 Å². The number of morpholine rings is 1. The summed E-state index contributed by atoms with van der Waals surface area (Å²) >= 11 is 0. The fourth-order valence-electron chi connectivity index (χ4n) is 5.44. The van der Waals surface area contributed by atoms with Crippen LogP contribution in [0.3, 0.4) is 0 Å². The molecule has 1 unspecified atom stereocenters. The van der Waals surface area contributed by atoms with Gasteiger partial charge in [-0.1, -0.05) is 18.2 Å². The zero-order valence-electron chi connectivity index (χ0n) is 22.0. The Labute approximate surface area is 226 Å². The number of aliphatic hydroxyl groups excluding tert-OH is 1. The topological polar surface area (TPSA) is 128 Å². The first-order valence-electron chi connectivity index (χ1n) is 12.5. The van der Waals surface area contributed by atoms with Crippen LogP contribution in [0.1, 0.15) is 11.1 Å². The zero-order chi connectivity index (χ0) is 28.1. The van der Waals surface area contributed by atoms with Gasteiger partial charge in [0.2, 0.25) is 10.0 Å². The summed E-state index contributed by atoms with van der Waals surface area (Å²) in [7, 11) is 1.40. The minimum absolute atomic E-state index is 0.0177. The number of likely N-dealkylation sites (tertiary alicyclic amines) is 1. The van der Waals surface area contributed by atoms with E-state index in [1.54, 1.807) is 31.3 Å². The molecule has 0 aromatic heterocycles. The van der Waals surface area contributed by atoms with Gasteiger partial charge in [-0.15, -0.1) is 0 Å². The second kappa shape index (κ2) is 9.87. The van der Waals surface area contributed by atoms with Gasteiger partial charge in [0, 0.05) is 50.0 Å². The number of ether oxygens (including phenoxy) is 1. The molecule has 2 amide bonds. The third kappa shape index (κ3) is 4.06. The van der Waals surface area contributed by atoms with Crippen LogP contribution in [-0.4, -0.2) is 106 Å². The molecule has 0 aliphatic carbocycles. The Balaban J connectivity index is 1.65. The lowest BCUT2D eigenvalue weighted by atomic mass is 9.82. The van der Waals surface area contributed by atoms with E-state index in [1.807, 2.05) is 19.0 Å². The highest BCUT2D eigenvalue weighted by Gasteiger charge is 2.66. The van der Waals surface area contributed by atoms with Crippen LogP contribution in [0.15, 0.2) is 59.0 Å². The molecule has 2 aromatic rings. The van der Waals surface area contributed by atoms with Gasteiger partial charge < -0.3 is 24.5 Å². The first-order valence-corrected chi connectivity index (χ1v) is 14.0. The maximum Gasteiger partial charge on any atom is 0.296 e. The van der Waals surface area contributed by atoms with Gasteiger partial charge in [-0.2, -0.15) is 4.31 Å². The molecule has 3 heterocycles. The van der Waals surface area contributed by atoms with Gasteiger partial charge in [0.1, 0.15) is 5.76 Å². The molecule has 2 saturated heterocycles. The summed E-state index contributed by atoms with van der Waals surface area (Å²) in [5, 5.41) is 11.5. The molecule has 39 heavy (non-hydrogen) atoms. The maximum absolute atomic E-state index is 14.0. The summed E-state index contributed by atoms with van der Waals surface area (Å²) in [5.41, 5.74) is -1.13. The lowest BCUT2D eigenvalue weighted by Gasteiger charge is -2.34. The number of aliphatic hydroxyl groups is 1. The quantitative estimate of drug-likeness (QED) is 0.316. The number of benzene rings is 2. The number of ketones is 1. The van der Waals surface area contributed by atoms with Gasteiger partial charge >= 0.3 is 0 Å². The van der Waals surface area contributed by atoms with Crippen molar-refractivity contribution in [1.29, 1.82) is 0 Å². The minimum atomic E-state index is -3.78. The predicted octanol–water partition coefficient (Wildman–Crippen LogP) is 0.821. The van der Waals surface area contributed by atoms with Crippen molar-refractivity contribution in [2.24, 2.45) is 0 Å². The van der Waals surface area contributed by atoms with E-state index in [1.165, 1.54) is 38.4 Å². The van der Waals surface area contributed by atoms with Gasteiger partial charge in [-0.05, 0) is 44.4 Å². The molecule has 0 saturated carbocycles. The van der Waals surface area contributed by atoms with E-state index < -0.39 is 38.9 Å². The van der Waals surface area contributed by atoms with Crippen LogP contribution in [-0.2, 0) is 34.7 Å². The fraction of sp³-hybridized carbons (Fsp3) is 0.370. The standard InChI is InChI=1S/C27H30N4O7S/c1-28(2)12-13-31-25(34)24(33)22(27(31)20-6-4-5-7-21(20)29(3)26(27)35)23(32)18-8-10-19(11-9-18)39(36,37)30-14-16-38-17-15-30/h4-11,32H,12-17H2,1-3H3/b23-22+.